The van der Waals surface area contributed by atoms with Crippen molar-refractivity contribution in [2.45, 2.75) is 25.9 Å². The zero-order valence-electron chi connectivity index (χ0n) is 11.0. The summed E-state index contributed by atoms with van der Waals surface area (Å²) < 4.78 is 6.21. The Morgan fingerprint density at radius 1 is 1.53 bits per heavy atom. The van der Waals surface area contributed by atoms with E-state index in [1.54, 1.807) is 16.0 Å². The Morgan fingerprint density at radius 2 is 2.26 bits per heavy atom. The van der Waals surface area contributed by atoms with Gasteiger partial charge in [0.1, 0.15) is 12.4 Å². The van der Waals surface area contributed by atoms with Gasteiger partial charge in [-0.15, -0.1) is 16.4 Å². The molecule has 2 aromatic rings. The van der Waals surface area contributed by atoms with Crippen molar-refractivity contribution >= 4 is 17.3 Å². The molecule has 6 nitrogen and oxygen atoms in total. The van der Waals surface area contributed by atoms with Gasteiger partial charge < -0.3 is 10.5 Å². The fourth-order valence-electron chi connectivity index (χ4n) is 1.84. The van der Waals surface area contributed by atoms with E-state index in [9.17, 15) is 4.79 Å². The maximum absolute atomic E-state index is 11.4. The number of hydrogen-bond acceptors (Lipinski definition) is 6. The van der Waals surface area contributed by atoms with Crippen LogP contribution < -0.4 is 5.73 Å². The molecule has 0 spiro atoms. The van der Waals surface area contributed by atoms with Crippen molar-refractivity contribution in [3.05, 3.63) is 34.0 Å². The van der Waals surface area contributed by atoms with E-state index >= 15 is 0 Å². The van der Waals surface area contributed by atoms with E-state index < -0.39 is 5.97 Å². The van der Waals surface area contributed by atoms with Gasteiger partial charge in [-0.25, -0.2) is 14.5 Å². The molecule has 0 radical (unpaired) electrons. The van der Waals surface area contributed by atoms with Crippen LogP contribution in [-0.4, -0.2) is 33.9 Å². The molecule has 0 bridgehead atoms. The minimum absolute atomic E-state index is 0.0430. The molecule has 0 amide bonds. The van der Waals surface area contributed by atoms with Crippen LogP contribution >= 0.6 is 11.3 Å². The number of nitrogens with zero attached hydrogens (tertiary/aromatic N) is 3. The van der Waals surface area contributed by atoms with Crippen molar-refractivity contribution in [2.24, 2.45) is 5.73 Å². The molecule has 2 N–H and O–H groups in total. The molecule has 0 saturated heterocycles. The van der Waals surface area contributed by atoms with Crippen LogP contribution in [0.2, 0.25) is 0 Å². The van der Waals surface area contributed by atoms with E-state index in [1.807, 2.05) is 26.0 Å². The Balaban J connectivity index is 2.35. The van der Waals surface area contributed by atoms with Gasteiger partial charge >= 0.3 is 5.97 Å². The summed E-state index contributed by atoms with van der Waals surface area (Å²) in [4.78, 5) is 17.6. The van der Waals surface area contributed by atoms with Gasteiger partial charge in [0.25, 0.3) is 5.82 Å². The molecule has 0 fully saturated rings. The fraction of sp³-hybridized carbons (Fsp3) is 0.417. The predicted molar refractivity (Wildman–Crippen MR) is 72.2 cm³/mol. The van der Waals surface area contributed by atoms with Gasteiger partial charge in [-0.05, 0) is 26.0 Å². The number of aryl methyl sites for hydroxylation is 1. The first kappa shape index (κ1) is 13.7. The molecule has 7 heteroatoms. The molecule has 2 heterocycles. The Hall–Kier alpha value is -1.73. The van der Waals surface area contributed by atoms with E-state index in [-0.39, 0.29) is 17.9 Å². The number of nitrogens with two attached hydrogens (primary N) is 1. The number of aromatic nitrogens is 3. The van der Waals surface area contributed by atoms with Crippen LogP contribution in [0.15, 0.2) is 18.5 Å². The summed E-state index contributed by atoms with van der Waals surface area (Å²) in [5, 5.41) is 4.15. The molecule has 0 saturated carbocycles. The van der Waals surface area contributed by atoms with Crippen molar-refractivity contribution < 1.29 is 9.53 Å². The smallest absolute Gasteiger partial charge is 0.377 e. The number of rotatable bonds is 4. The van der Waals surface area contributed by atoms with Crippen molar-refractivity contribution in [1.82, 2.24) is 14.8 Å². The van der Waals surface area contributed by atoms with Crippen LogP contribution in [0.3, 0.4) is 0 Å². The highest BCUT2D eigenvalue weighted by Crippen LogP contribution is 2.27. The van der Waals surface area contributed by atoms with E-state index in [0.717, 1.165) is 4.88 Å². The summed E-state index contributed by atoms with van der Waals surface area (Å²) in [6.07, 6.45) is 1.51. The fourth-order valence-corrected chi connectivity index (χ4v) is 2.92. The van der Waals surface area contributed by atoms with Gasteiger partial charge in [-0.2, -0.15) is 0 Å². The molecule has 2 aromatic heterocycles. The number of methoxy groups -OCH3 is 1. The highest BCUT2D eigenvalue weighted by atomic mass is 32.1. The van der Waals surface area contributed by atoms with Crippen molar-refractivity contribution in [1.29, 1.82) is 0 Å². The maximum Gasteiger partial charge on any atom is 0.377 e. The second kappa shape index (κ2) is 5.50. The van der Waals surface area contributed by atoms with Crippen LogP contribution in [0.4, 0.5) is 0 Å². The summed E-state index contributed by atoms with van der Waals surface area (Å²) in [6.45, 7) is 3.94. The number of carbonyl (C=O) groups excluding carboxylic acids is 1. The molecular formula is C12H16N4O2S. The Kier molecular flexibility index (Phi) is 3.96. The third kappa shape index (κ3) is 2.82. The summed E-state index contributed by atoms with van der Waals surface area (Å²) in [5.74, 6) is -0.508. The SMILES string of the molecule is COC(=O)c1ncn(C(c2ccc(C)s2)C(C)N)n1. The van der Waals surface area contributed by atoms with Gasteiger partial charge in [0.15, 0.2) is 0 Å². The molecule has 2 atom stereocenters. The number of thiophene rings is 1. The number of hydrogen-bond donors (Lipinski definition) is 1. The zero-order valence-corrected chi connectivity index (χ0v) is 11.8. The molecule has 0 aromatic carbocycles. The van der Waals surface area contributed by atoms with Gasteiger partial charge in [0.05, 0.1) is 7.11 Å². The third-order valence-corrected chi connectivity index (χ3v) is 3.78. The first-order valence-electron chi connectivity index (χ1n) is 5.84. The van der Waals surface area contributed by atoms with Gasteiger partial charge in [0.2, 0.25) is 0 Å². The Bertz CT molecular complexity index is 576. The van der Waals surface area contributed by atoms with Crippen LogP contribution in [0.25, 0.3) is 0 Å². The van der Waals surface area contributed by atoms with Crippen molar-refractivity contribution in [3.8, 4) is 0 Å². The molecule has 19 heavy (non-hydrogen) atoms. The highest BCUT2D eigenvalue weighted by Gasteiger charge is 2.23. The topological polar surface area (TPSA) is 83.0 Å². The Morgan fingerprint density at radius 3 is 2.79 bits per heavy atom. The quantitative estimate of drug-likeness (QED) is 0.855. The van der Waals surface area contributed by atoms with E-state index in [4.69, 9.17) is 5.73 Å². The van der Waals surface area contributed by atoms with Crippen LogP contribution in [-0.2, 0) is 4.74 Å². The molecule has 0 aliphatic rings. The standard InChI is InChI=1S/C12H16N4O2S/c1-7-4-5-9(19-7)10(8(2)13)16-6-14-11(15-16)12(17)18-3/h4-6,8,10H,13H2,1-3H3. The summed E-state index contributed by atoms with van der Waals surface area (Å²) >= 11 is 1.66. The van der Waals surface area contributed by atoms with Crippen molar-refractivity contribution in [2.75, 3.05) is 7.11 Å². The average Bonchev–Trinajstić information content (AvgIpc) is 2.98. The minimum Gasteiger partial charge on any atom is -0.463 e. The van der Waals surface area contributed by atoms with Crippen LogP contribution in [0.1, 0.15) is 33.3 Å². The molecule has 0 aliphatic carbocycles. The van der Waals surface area contributed by atoms with Crippen LogP contribution in [0.5, 0.6) is 0 Å². The highest BCUT2D eigenvalue weighted by molar-refractivity contribution is 7.12. The summed E-state index contributed by atoms with van der Waals surface area (Å²) in [6, 6.07) is 3.77. The monoisotopic (exact) mass is 280 g/mol. The summed E-state index contributed by atoms with van der Waals surface area (Å²) in [7, 11) is 1.30. The lowest BCUT2D eigenvalue weighted by Crippen LogP contribution is -2.30. The third-order valence-electron chi connectivity index (χ3n) is 2.71. The summed E-state index contributed by atoms with van der Waals surface area (Å²) in [5.41, 5.74) is 6.03. The lowest BCUT2D eigenvalue weighted by atomic mass is 10.1. The molecule has 102 valence electrons. The Labute approximate surface area is 115 Å². The number of ether oxygens (including phenoxy) is 1. The zero-order chi connectivity index (χ0) is 14.0. The second-order valence-corrected chi connectivity index (χ2v) is 5.61. The number of carbonyl (C=O) groups is 1. The van der Waals surface area contributed by atoms with Crippen LogP contribution in [0, 0.1) is 6.92 Å². The predicted octanol–water partition coefficient (Wildman–Crippen LogP) is 1.37. The first-order chi connectivity index (χ1) is 9.02. The molecule has 0 aliphatic heterocycles. The van der Waals surface area contributed by atoms with Gasteiger partial charge in [0, 0.05) is 15.8 Å². The normalized spacial score (nSPS) is 14.1. The van der Waals surface area contributed by atoms with E-state index in [2.05, 4.69) is 14.8 Å². The molecular weight excluding hydrogens is 264 g/mol. The van der Waals surface area contributed by atoms with E-state index in [1.165, 1.54) is 18.3 Å². The van der Waals surface area contributed by atoms with Crippen molar-refractivity contribution in [3.63, 3.8) is 0 Å². The molecule has 2 rings (SSSR count). The lowest BCUT2D eigenvalue weighted by Gasteiger charge is -2.19. The lowest BCUT2D eigenvalue weighted by molar-refractivity contribution is 0.0586. The largest absolute Gasteiger partial charge is 0.463 e. The molecule has 2 unspecified atom stereocenters. The maximum atomic E-state index is 11.4. The van der Waals surface area contributed by atoms with Gasteiger partial charge in [-0.1, -0.05) is 0 Å². The first-order valence-corrected chi connectivity index (χ1v) is 6.66. The van der Waals surface area contributed by atoms with Gasteiger partial charge in [-0.3, -0.25) is 0 Å². The number of esters is 1. The minimum atomic E-state index is -0.551. The second-order valence-electron chi connectivity index (χ2n) is 4.29. The van der Waals surface area contributed by atoms with E-state index in [0.29, 0.717) is 0 Å². The average molecular weight is 280 g/mol.